The quantitative estimate of drug-likeness (QED) is 0.224. The van der Waals surface area contributed by atoms with E-state index >= 15 is 0 Å². The van der Waals surface area contributed by atoms with Crippen molar-refractivity contribution in [3.8, 4) is 40.1 Å². The molecule has 1 aliphatic heterocycles. The van der Waals surface area contributed by atoms with Crippen LogP contribution in [0.1, 0.15) is 22.3 Å². The van der Waals surface area contributed by atoms with E-state index in [0.717, 1.165) is 53.3 Å². The van der Waals surface area contributed by atoms with Crippen molar-refractivity contribution in [2.75, 3.05) is 47.4 Å². The molecule has 3 heterocycles. The Morgan fingerprint density at radius 2 is 1.48 bits per heavy atom. The fourth-order valence-corrected chi connectivity index (χ4v) is 5.58. The lowest BCUT2D eigenvalue weighted by atomic mass is 9.98. The number of anilines is 1. The molecule has 11 heteroatoms. The normalized spacial score (nSPS) is 12.9. The Morgan fingerprint density at radius 3 is 2.23 bits per heavy atom. The van der Waals surface area contributed by atoms with Crippen LogP contribution in [0.5, 0.6) is 28.7 Å². The van der Waals surface area contributed by atoms with E-state index in [1.807, 2.05) is 48.7 Å². The second kappa shape index (κ2) is 12.7. The van der Waals surface area contributed by atoms with Crippen LogP contribution in [0.25, 0.3) is 17.0 Å². The number of nitrogens with one attached hydrogen (secondary N) is 1. The lowest BCUT2D eigenvalue weighted by Gasteiger charge is -2.29. The lowest BCUT2D eigenvalue weighted by molar-refractivity contribution is 0.244. The SMILES string of the molecule is COc1ccc(CNc2ncc(CN3CCc4cc(OC)c(OC)cc4C3)c3nc(-c4ccccc4OC)nn23)cc1OC. The van der Waals surface area contributed by atoms with Gasteiger partial charge in [0.15, 0.2) is 34.5 Å². The van der Waals surface area contributed by atoms with Crippen molar-refractivity contribution in [1.29, 1.82) is 0 Å². The van der Waals surface area contributed by atoms with Crippen LogP contribution < -0.4 is 29.0 Å². The number of aromatic nitrogens is 4. The third kappa shape index (κ3) is 5.66. The van der Waals surface area contributed by atoms with Crippen molar-refractivity contribution in [1.82, 2.24) is 24.5 Å². The van der Waals surface area contributed by atoms with E-state index in [0.29, 0.717) is 42.1 Å². The largest absolute Gasteiger partial charge is 0.496 e. The van der Waals surface area contributed by atoms with Gasteiger partial charge in [-0.25, -0.2) is 9.97 Å². The van der Waals surface area contributed by atoms with Gasteiger partial charge in [0, 0.05) is 37.9 Å². The Morgan fingerprint density at radius 1 is 0.773 bits per heavy atom. The highest BCUT2D eigenvalue weighted by Crippen LogP contribution is 2.34. The lowest BCUT2D eigenvalue weighted by Crippen LogP contribution is -2.30. The van der Waals surface area contributed by atoms with Gasteiger partial charge in [-0.2, -0.15) is 4.52 Å². The number of fused-ring (bicyclic) bond motifs is 2. The van der Waals surface area contributed by atoms with Gasteiger partial charge in [-0.1, -0.05) is 18.2 Å². The number of para-hydroxylation sites is 1. The van der Waals surface area contributed by atoms with Crippen LogP contribution in [0.15, 0.2) is 60.8 Å². The van der Waals surface area contributed by atoms with Gasteiger partial charge in [0.1, 0.15) is 5.75 Å². The fourth-order valence-electron chi connectivity index (χ4n) is 5.58. The van der Waals surface area contributed by atoms with Crippen molar-refractivity contribution >= 4 is 11.6 Å². The first-order valence-corrected chi connectivity index (χ1v) is 14.3. The molecule has 1 aliphatic rings. The summed E-state index contributed by atoms with van der Waals surface area (Å²) in [5, 5.41) is 8.34. The Bertz CT molecular complexity index is 1790. The fraction of sp³-hybridized carbons (Fsp3) is 0.303. The monoisotopic (exact) mass is 596 g/mol. The van der Waals surface area contributed by atoms with Gasteiger partial charge in [-0.05, 0) is 59.5 Å². The first-order valence-electron chi connectivity index (χ1n) is 14.3. The number of hydrogen-bond donors (Lipinski definition) is 1. The predicted octanol–water partition coefficient (Wildman–Crippen LogP) is 5.00. The summed E-state index contributed by atoms with van der Waals surface area (Å²) in [5.74, 6) is 4.68. The average Bonchev–Trinajstić information content (AvgIpc) is 3.53. The van der Waals surface area contributed by atoms with E-state index in [-0.39, 0.29) is 0 Å². The molecule has 6 rings (SSSR count). The number of nitrogens with zero attached hydrogens (tertiary/aromatic N) is 5. The number of hydrogen-bond acceptors (Lipinski definition) is 10. The summed E-state index contributed by atoms with van der Waals surface area (Å²) in [6, 6.07) is 17.7. The molecule has 0 unspecified atom stereocenters. The maximum atomic E-state index is 5.62. The minimum absolute atomic E-state index is 0.500. The zero-order chi connectivity index (χ0) is 30.6. The van der Waals surface area contributed by atoms with Crippen LogP contribution in [0, 0.1) is 0 Å². The molecule has 0 saturated carbocycles. The van der Waals surface area contributed by atoms with Crippen LogP contribution in [0.2, 0.25) is 0 Å². The minimum atomic E-state index is 0.500. The van der Waals surface area contributed by atoms with Gasteiger partial charge in [0.2, 0.25) is 5.95 Å². The number of methoxy groups -OCH3 is 5. The van der Waals surface area contributed by atoms with Gasteiger partial charge in [-0.3, -0.25) is 4.90 Å². The Labute approximate surface area is 256 Å². The van der Waals surface area contributed by atoms with E-state index in [2.05, 4.69) is 22.3 Å². The molecule has 228 valence electrons. The summed E-state index contributed by atoms with van der Waals surface area (Å²) in [6.07, 6.45) is 2.79. The van der Waals surface area contributed by atoms with Crippen LogP contribution in [-0.4, -0.2) is 66.6 Å². The summed E-state index contributed by atoms with van der Waals surface area (Å²) < 4.78 is 29.4. The van der Waals surface area contributed by atoms with Gasteiger partial charge >= 0.3 is 0 Å². The molecular formula is C33H36N6O5. The van der Waals surface area contributed by atoms with Crippen molar-refractivity contribution in [2.24, 2.45) is 0 Å². The van der Waals surface area contributed by atoms with Crippen molar-refractivity contribution in [3.63, 3.8) is 0 Å². The third-order valence-electron chi connectivity index (χ3n) is 7.88. The highest BCUT2D eigenvalue weighted by atomic mass is 16.5. The van der Waals surface area contributed by atoms with Crippen LogP contribution >= 0.6 is 0 Å². The third-order valence-corrected chi connectivity index (χ3v) is 7.88. The van der Waals surface area contributed by atoms with E-state index in [9.17, 15) is 0 Å². The first kappa shape index (κ1) is 29.1. The molecule has 0 bridgehead atoms. The number of ether oxygens (including phenoxy) is 5. The molecule has 0 amide bonds. The summed E-state index contributed by atoms with van der Waals surface area (Å²) >= 11 is 0. The molecule has 44 heavy (non-hydrogen) atoms. The highest BCUT2D eigenvalue weighted by Gasteiger charge is 2.23. The van der Waals surface area contributed by atoms with Gasteiger partial charge in [0.25, 0.3) is 0 Å². The van der Waals surface area contributed by atoms with Crippen molar-refractivity contribution in [3.05, 3.63) is 83.0 Å². The molecule has 2 aromatic heterocycles. The summed E-state index contributed by atoms with van der Waals surface area (Å²) in [4.78, 5) is 12.2. The van der Waals surface area contributed by atoms with E-state index < -0.39 is 0 Å². The Kier molecular flexibility index (Phi) is 8.38. The molecule has 5 aromatic rings. The molecule has 1 N–H and O–H groups in total. The number of rotatable bonds is 11. The van der Waals surface area contributed by atoms with E-state index in [4.69, 9.17) is 38.8 Å². The topological polar surface area (TPSA) is 105 Å². The van der Waals surface area contributed by atoms with Crippen molar-refractivity contribution < 1.29 is 23.7 Å². The highest BCUT2D eigenvalue weighted by molar-refractivity contribution is 5.67. The van der Waals surface area contributed by atoms with E-state index in [1.165, 1.54) is 11.1 Å². The molecule has 0 spiro atoms. The molecule has 3 aromatic carbocycles. The van der Waals surface area contributed by atoms with Gasteiger partial charge < -0.3 is 29.0 Å². The molecular weight excluding hydrogens is 560 g/mol. The zero-order valence-electron chi connectivity index (χ0n) is 25.6. The predicted molar refractivity (Wildman–Crippen MR) is 167 cm³/mol. The molecule has 0 fully saturated rings. The van der Waals surface area contributed by atoms with Crippen molar-refractivity contribution in [2.45, 2.75) is 26.1 Å². The summed E-state index contributed by atoms with van der Waals surface area (Å²) in [5.41, 5.74) is 6.02. The average molecular weight is 597 g/mol. The summed E-state index contributed by atoms with van der Waals surface area (Å²) in [6.45, 7) is 2.82. The first-order chi connectivity index (χ1) is 21.5. The van der Waals surface area contributed by atoms with E-state index in [1.54, 1.807) is 40.1 Å². The van der Waals surface area contributed by atoms with Crippen LogP contribution in [-0.2, 0) is 26.1 Å². The van der Waals surface area contributed by atoms with Crippen LogP contribution in [0.4, 0.5) is 5.95 Å². The standard InChI is InChI=1S/C33H36N6O5/c1-40-26-9-7-6-8-25(26)31-36-32-24(20-38-13-12-22-15-29(43-4)30(44-5)16-23(22)19-38)18-35-33(39(32)37-31)34-17-21-10-11-27(41-2)28(14-21)42-3/h6-11,14-16,18H,12-13,17,19-20H2,1-5H3,(H,34,35). The molecule has 11 nitrogen and oxygen atoms in total. The second-order valence-electron chi connectivity index (χ2n) is 10.5. The number of benzene rings is 3. The molecule has 0 radical (unpaired) electrons. The minimum Gasteiger partial charge on any atom is -0.496 e. The van der Waals surface area contributed by atoms with Crippen LogP contribution in [0.3, 0.4) is 0 Å². The zero-order valence-corrected chi connectivity index (χ0v) is 25.6. The van der Waals surface area contributed by atoms with Gasteiger partial charge in [-0.15, -0.1) is 5.10 Å². The smallest absolute Gasteiger partial charge is 0.226 e. The maximum Gasteiger partial charge on any atom is 0.226 e. The molecule has 0 atom stereocenters. The second-order valence-corrected chi connectivity index (χ2v) is 10.5. The molecule has 0 aliphatic carbocycles. The van der Waals surface area contributed by atoms with Gasteiger partial charge in [0.05, 0.1) is 41.1 Å². The maximum absolute atomic E-state index is 5.62. The Balaban J connectivity index is 1.33. The molecule has 0 saturated heterocycles. The Hall–Kier alpha value is -5.03. The summed E-state index contributed by atoms with van der Waals surface area (Å²) in [7, 11) is 8.23.